The molecule has 0 bridgehead atoms. The molecule has 0 saturated carbocycles. The molecule has 29 heavy (non-hydrogen) atoms. The quantitative estimate of drug-likeness (QED) is 0.679. The van der Waals surface area contributed by atoms with Crippen molar-refractivity contribution in [3.8, 4) is 0 Å². The highest BCUT2D eigenvalue weighted by Gasteiger charge is 2.30. The third kappa shape index (κ3) is 5.01. The lowest BCUT2D eigenvalue weighted by Gasteiger charge is -2.34. The molecule has 1 amide bonds. The van der Waals surface area contributed by atoms with Crippen molar-refractivity contribution in [1.29, 1.82) is 0 Å². The highest BCUT2D eigenvalue weighted by Crippen LogP contribution is 2.31. The van der Waals surface area contributed by atoms with Crippen LogP contribution in [0, 0.1) is 5.92 Å². The Labute approximate surface area is 175 Å². The Morgan fingerprint density at radius 1 is 1.07 bits per heavy atom. The minimum absolute atomic E-state index is 0.0930. The molecule has 7 heteroatoms. The highest BCUT2D eigenvalue weighted by molar-refractivity contribution is 7.89. The molecule has 3 rings (SSSR count). The van der Waals surface area contributed by atoms with E-state index >= 15 is 0 Å². The molecule has 0 atom stereocenters. The third-order valence-corrected chi connectivity index (χ3v) is 7.74. The summed E-state index contributed by atoms with van der Waals surface area (Å²) in [6.07, 6.45) is 3.52. The maximum absolute atomic E-state index is 13.1. The number of hydrogen-bond donors (Lipinski definition) is 0. The highest BCUT2D eigenvalue weighted by atomic mass is 32.2. The van der Waals surface area contributed by atoms with Gasteiger partial charge in [0.05, 0.1) is 11.4 Å². The van der Waals surface area contributed by atoms with E-state index in [9.17, 15) is 13.2 Å². The van der Waals surface area contributed by atoms with Gasteiger partial charge >= 0.3 is 0 Å². The van der Waals surface area contributed by atoms with E-state index in [0.29, 0.717) is 43.0 Å². The summed E-state index contributed by atoms with van der Waals surface area (Å²) in [5.41, 5.74) is 1.83. The summed E-state index contributed by atoms with van der Waals surface area (Å²) < 4.78 is 27.4. The standard InChI is InChI=1S/C22H35N3O3S/c1-17(2)15-23(18(3)4)16-22(26)25-13-7-8-19-14-20(9-10-21(19)25)29(27,28)24-11-5-6-12-24/h9-10,14,17-18H,5-8,11-13,15-16H2,1-4H3. The van der Waals surface area contributed by atoms with Crippen LogP contribution in [0.1, 0.15) is 52.5 Å². The van der Waals surface area contributed by atoms with E-state index in [0.717, 1.165) is 43.5 Å². The van der Waals surface area contributed by atoms with E-state index in [-0.39, 0.29) is 5.91 Å². The number of carbonyl (C=O) groups is 1. The van der Waals surface area contributed by atoms with E-state index in [1.165, 1.54) is 0 Å². The Bertz CT molecular complexity index is 830. The molecular weight excluding hydrogens is 386 g/mol. The van der Waals surface area contributed by atoms with Gasteiger partial charge in [-0.25, -0.2) is 8.42 Å². The summed E-state index contributed by atoms with van der Waals surface area (Å²) in [7, 11) is -3.43. The molecule has 0 radical (unpaired) electrons. The third-order valence-electron chi connectivity index (χ3n) is 5.84. The smallest absolute Gasteiger partial charge is 0.243 e. The monoisotopic (exact) mass is 421 g/mol. The van der Waals surface area contributed by atoms with E-state index in [2.05, 4.69) is 32.6 Å². The van der Waals surface area contributed by atoms with Crippen molar-refractivity contribution in [2.75, 3.05) is 37.6 Å². The van der Waals surface area contributed by atoms with E-state index < -0.39 is 10.0 Å². The summed E-state index contributed by atoms with van der Waals surface area (Å²) in [5.74, 6) is 0.590. The Morgan fingerprint density at radius 2 is 1.76 bits per heavy atom. The fourth-order valence-corrected chi connectivity index (χ4v) is 5.82. The minimum atomic E-state index is -3.43. The summed E-state index contributed by atoms with van der Waals surface area (Å²) in [4.78, 5) is 17.5. The van der Waals surface area contributed by atoms with Gasteiger partial charge in [-0.05, 0) is 69.2 Å². The van der Waals surface area contributed by atoms with Crippen LogP contribution in [0.4, 0.5) is 5.69 Å². The molecule has 1 fully saturated rings. The lowest BCUT2D eigenvalue weighted by molar-refractivity contribution is -0.120. The Balaban J connectivity index is 1.81. The van der Waals surface area contributed by atoms with Crippen molar-refractivity contribution >= 4 is 21.6 Å². The number of rotatable bonds is 7. The van der Waals surface area contributed by atoms with E-state index in [4.69, 9.17) is 0 Å². The van der Waals surface area contributed by atoms with Crippen LogP contribution >= 0.6 is 0 Å². The fourth-order valence-electron chi connectivity index (χ4n) is 4.26. The summed E-state index contributed by atoms with van der Waals surface area (Å²) in [6.45, 7) is 11.7. The van der Waals surface area contributed by atoms with Crippen molar-refractivity contribution in [3.63, 3.8) is 0 Å². The molecule has 0 aliphatic carbocycles. The molecule has 2 aliphatic rings. The van der Waals surface area contributed by atoms with Crippen LogP contribution in [0.2, 0.25) is 0 Å². The molecule has 2 heterocycles. The first-order valence-corrected chi connectivity index (χ1v) is 12.3. The number of nitrogens with zero attached hydrogens (tertiary/aromatic N) is 3. The van der Waals surface area contributed by atoms with Gasteiger partial charge in [0.1, 0.15) is 0 Å². The van der Waals surface area contributed by atoms with Crippen LogP contribution in [0.3, 0.4) is 0 Å². The molecule has 1 aromatic carbocycles. The van der Waals surface area contributed by atoms with Crippen LogP contribution in [-0.2, 0) is 21.2 Å². The predicted molar refractivity (Wildman–Crippen MR) is 117 cm³/mol. The molecule has 2 aliphatic heterocycles. The summed E-state index contributed by atoms with van der Waals surface area (Å²) in [5, 5.41) is 0. The topological polar surface area (TPSA) is 60.9 Å². The van der Waals surface area contributed by atoms with Gasteiger partial charge in [-0.15, -0.1) is 0 Å². The number of sulfonamides is 1. The van der Waals surface area contributed by atoms with Crippen LogP contribution in [0.15, 0.2) is 23.1 Å². The zero-order valence-electron chi connectivity index (χ0n) is 18.2. The molecule has 1 aromatic rings. The lowest BCUT2D eigenvalue weighted by Crippen LogP contribution is -2.46. The van der Waals surface area contributed by atoms with Gasteiger partial charge in [0.15, 0.2) is 0 Å². The van der Waals surface area contributed by atoms with Crippen molar-refractivity contribution in [1.82, 2.24) is 9.21 Å². The predicted octanol–water partition coefficient (Wildman–Crippen LogP) is 3.12. The molecule has 0 unspecified atom stereocenters. The average Bonchev–Trinajstić information content (AvgIpc) is 3.21. The second-order valence-corrected chi connectivity index (χ2v) is 10.9. The zero-order valence-corrected chi connectivity index (χ0v) is 19.0. The number of amides is 1. The van der Waals surface area contributed by atoms with Crippen LogP contribution in [-0.4, -0.2) is 62.3 Å². The van der Waals surface area contributed by atoms with Crippen molar-refractivity contribution < 1.29 is 13.2 Å². The second-order valence-electron chi connectivity index (χ2n) is 8.97. The molecular formula is C22H35N3O3S. The first kappa shape index (κ1) is 22.2. The molecule has 0 N–H and O–H groups in total. The Morgan fingerprint density at radius 3 is 2.38 bits per heavy atom. The van der Waals surface area contributed by atoms with Crippen molar-refractivity contribution in [2.24, 2.45) is 5.92 Å². The average molecular weight is 422 g/mol. The van der Waals surface area contributed by atoms with E-state index in [1.54, 1.807) is 16.4 Å². The van der Waals surface area contributed by atoms with Gasteiger partial charge in [-0.2, -0.15) is 4.31 Å². The SMILES string of the molecule is CC(C)CN(CC(=O)N1CCCc2cc(S(=O)(=O)N3CCCC3)ccc21)C(C)C. The molecule has 0 aromatic heterocycles. The fraction of sp³-hybridized carbons (Fsp3) is 0.682. The largest absolute Gasteiger partial charge is 0.311 e. The number of anilines is 1. The Hall–Kier alpha value is -1.44. The van der Waals surface area contributed by atoms with Gasteiger partial charge < -0.3 is 4.90 Å². The summed E-state index contributed by atoms with van der Waals surface area (Å²) >= 11 is 0. The Kier molecular flexibility index (Phi) is 7.02. The van der Waals surface area contributed by atoms with Gasteiger partial charge in [-0.3, -0.25) is 9.69 Å². The normalized spacial score (nSPS) is 18.1. The van der Waals surface area contributed by atoms with Crippen LogP contribution in [0.25, 0.3) is 0 Å². The van der Waals surface area contributed by atoms with Gasteiger partial charge in [0.25, 0.3) is 0 Å². The van der Waals surface area contributed by atoms with Gasteiger partial charge in [0.2, 0.25) is 15.9 Å². The summed E-state index contributed by atoms with van der Waals surface area (Å²) in [6, 6.07) is 5.60. The first-order valence-electron chi connectivity index (χ1n) is 10.9. The molecule has 0 spiro atoms. The molecule has 6 nitrogen and oxygen atoms in total. The lowest BCUT2D eigenvalue weighted by atomic mass is 10.0. The van der Waals surface area contributed by atoms with Crippen molar-refractivity contribution in [2.45, 2.75) is 64.3 Å². The number of fused-ring (bicyclic) bond motifs is 1. The zero-order chi connectivity index (χ0) is 21.2. The maximum atomic E-state index is 13.1. The molecule has 162 valence electrons. The number of benzene rings is 1. The number of aryl methyl sites for hydroxylation is 1. The first-order chi connectivity index (χ1) is 13.7. The number of hydrogen-bond acceptors (Lipinski definition) is 4. The van der Waals surface area contributed by atoms with Crippen LogP contribution < -0.4 is 4.90 Å². The second kappa shape index (κ2) is 9.14. The maximum Gasteiger partial charge on any atom is 0.243 e. The van der Waals surface area contributed by atoms with E-state index in [1.807, 2.05) is 11.0 Å². The van der Waals surface area contributed by atoms with Gasteiger partial charge in [-0.1, -0.05) is 13.8 Å². The van der Waals surface area contributed by atoms with Gasteiger partial charge in [0, 0.05) is 37.9 Å². The number of carbonyl (C=O) groups excluding carboxylic acids is 1. The van der Waals surface area contributed by atoms with Crippen LogP contribution in [0.5, 0.6) is 0 Å². The molecule has 1 saturated heterocycles. The van der Waals surface area contributed by atoms with Crippen molar-refractivity contribution in [3.05, 3.63) is 23.8 Å². The minimum Gasteiger partial charge on any atom is -0.311 e.